The first-order valence-corrected chi connectivity index (χ1v) is 9.47. The fraction of sp³-hybridized carbons (Fsp3) is 0.455. The summed E-state index contributed by atoms with van der Waals surface area (Å²) < 4.78 is 10.7. The normalized spacial score (nSPS) is 24.4. The van der Waals surface area contributed by atoms with Gasteiger partial charge in [-0.05, 0) is 31.9 Å². The first-order valence-electron chi connectivity index (χ1n) is 9.47. The van der Waals surface area contributed by atoms with Crippen LogP contribution in [0.2, 0.25) is 0 Å². The Morgan fingerprint density at radius 3 is 2.67 bits per heavy atom. The number of likely N-dealkylation sites (tertiary alicyclic amines) is 1. The Bertz CT molecular complexity index is 768. The molecule has 1 aliphatic carbocycles. The Kier molecular flexibility index (Phi) is 5.68. The summed E-state index contributed by atoms with van der Waals surface area (Å²) in [5, 5.41) is 0. The third-order valence-corrected chi connectivity index (χ3v) is 5.31. The largest absolute Gasteiger partial charge is 0.463 e. The summed E-state index contributed by atoms with van der Waals surface area (Å²) in [5.74, 6) is -0.195. The summed E-state index contributed by atoms with van der Waals surface area (Å²) in [6.45, 7) is 7.61. The van der Waals surface area contributed by atoms with Crippen LogP contribution in [0.15, 0.2) is 53.6 Å². The number of piperidine rings is 1. The van der Waals surface area contributed by atoms with Gasteiger partial charge in [-0.3, -0.25) is 0 Å². The van der Waals surface area contributed by atoms with E-state index < -0.39 is 0 Å². The Labute approximate surface area is 160 Å². The van der Waals surface area contributed by atoms with Crippen molar-refractivity contribution in [3.05, 3.63) is 59.2 Å². The summed E-state index contributed by atoms with van der Waals surface area (Å²) >= 11 is 0. The topological polar surface area (TPSA) is 55.8 Å². The molecule has 0 unspecified atom stereocenters. The van der Waals surface area contributed by atoms with E-state index in [0.717, 1.165) is 16.7 Å². The molecule has 144 valence electrons. The van der Waals surface area contributed by atoms with Crippen LogP contribution in [-0.2, 0) is 20.9 Å². The standard InChI is InChI=1S/C22H27NO4/c1-4-26-20(24)18-12-16(2)13-22(3)15-23(11-10-19(18)22)21(25)27-14-17-8-6-5-7-9-17/h5-9,12-13,19H,4,10-11,14-15H2,1-3H3/t19-,22-/m0/s1. The Hall–Kier alpha value is -2.56. The van der Waals surface area contributed by atoms with E-state index in [1.165, 1.54) is 0 Å². The maximum absolute atomic E-state index is 12.6. The number of carbonyl (C=O) groups excluding carboxylic acids is 2. The van der Waals surface area contributed by atoms with E-state index in [0.29, 0.717) is 26.1 Å². The van der Waals surface area contributed by atoms with E-state index in [1.807, 2.05) is 50.3 Å². The number of hydrogen-bond donors (Lipinski definition) is 0. The second-order valence-corrected chi connectivity index (χ2v) is 7.52. The average Bonchev–Trinajstić information content (AvgIpc) is 2.65. The summed E-state index contributed by atoms with van der Waals surface area (Å²) in [4.78, 5) is 26.7. The lowest BCUT2D eigenvalue weighted by molar-refractivity contribution is -0.139. The molecule has 1 fully saturated rings. The van der Waals surface area contributed by atoms with Crippen molar-refractivity contribution in [1.82, 2.24) is 4.90 Å². The van der Waals surface area contributed by atoms with Crippen molar-refractivity contribution in [3.63, 3.8) is 0 Å². The maximum atomic E-state index is 12.6. The van der Waals surface area contributed by atoms with Crippen LogP contribution < -0.4 is 0 Å². The van der Waals surface area contributed by atoms with Crippen molar-refractivity contribution in [2.24, 2.45) is 11.3 Å². The highest BCUT2D eigenvalue weighted by Gasteiger charge is 2.45. The Morgan fingerprint density at radius 2 is 1.96 bits per heavy atom. The van der Waals surface area contributed by atoms with Crippen molar-refractivity contribution in [3.8, 4) is 0 Å². The number of allylic oxidation sites excluding steroid dienone is 2. The molecule has 3 rings (SSSR count). The highest BCUT2D eigenvalue weighted by molar-refractivity contribution is 5.90. The van der Waals surface area contributed by atoms with Gasteiger partial charge in [0.05, 0.1) is 6.61 Å². The SMILES string of the molecule is CCOC(=O)C1=CC(C)=C[C@@]2(C)CN(C(=O)OCc3ccccc3)CC[C@@H]12. The number of esters is 1. The van der Waals surface area contributed by atoms with Crippen LogP contribution in [0.25, 0.3) is 0 Å². The zero-order valence-electron chi connectivity index (χ0n) is 16.2. The number of benzene rings is 1. The molecule has 2 atom stereocenters. The first-order chi connectivity index (χ1) is 12.9. The van der Waals surface area contributed by atoms with Crippen LogP contribution in [0.5, 0.6) is 0 Å². The van der Waals surface area contributed by atoms with Crippen LogP contribution in [0, 0.1) is 11.3 Å². The van der Waals surface area contributed by atoms with Crippen molar-refractivity contribution in [2.75, 3.05) is 19.7 Å². The van der Waals surface area contributed by atoms with Crippen LogP contribution in [-0.4, -0.2) is 36.7 Å². The minimum absolute atomic E-state index is 0.0541. The first kappa shape index (κ1) is 19.2. The molecule has 0 N–H and O–H groups in total. The molecular formula is C22H27NO4. The number of carbonyl (C=O) groups is 2. The lowest BCUT2D eigenvalue weighted by atomic mass is 9.65. The van der Waals surface area contributed by atoms with Crippen molar-refractivity contribution in [1.29, 1.82) is 0 Å². The monoisotopic (exact) mass is 369 g/mol. The minimum Gasteiger partial charge on any atom is -0.463 e. The van der Waals surface area contributed by atoms with Crippen molar-refractivity contribution < 1.29 is 19.1 Å². The predicted octanol–water partition coefficient (Wildman–Crippen LogP) is 4.10. The van der Waals surface area contributed by atoms with E-state index in [2.05, 4.69) is 13.0 Å². The molecule has 0 spiro atoms. The zero-order valence-corrected chi connectivity index (χ0v) is 16.2. The van der Waals surface area contributed by atoms with Crippen molar-refractivity contribution in [2.45, 2.75) is 33.8 Å². The van der Waals surface area contributed by atoms with Crippen LogP contribution in [0.3, 0.4) is 0 Å². The molecule has 1 aromatic rings. The van der Waals surface area contributed by atoms with Gasteiger partial charge in [-0.1, -0.05) is 48.9 Å². The zero-order chi connectivity index (χ0) is 19.4. The highest BCUT2D eigenvalue weighted by Crippen LogP contribution is 2.45. The van der Waals surface area contributed by atoms with E-state index in [4.69, 9.17) is 9.47 Å². The van der Waals surface area contributed by atoms with Gasteiger partial charge in [0.1, 0.15) is 6.61 Å². The molecule has 1 aromatic carbocycles. The third-order valence-electron chi connectivity index (χ3n) is 5.31. The molecule has 1 aliphatic heterocycles. The second kappa shape index (κ2) is 7.99. The van der Waals surface area contributed by atoms with Gasteiger partial charge in [0.2, 0.25) is 0 Å². The van der Waals surface area contributed by atoms with Gasteiger partial charge < -0.3 is 14.4 Å². The maximum Gasteiger partial charge on any atom is 0.410 e. The fourth-order valence-electron chi connectivity index (χ4n) is 4.16. The molecule has 0 radical (unpaired) electrons. The molecule has 1 heterocycles. The molecule has 2 aliphatic rings. The number of ether oxygens (including phenoxy) is 2. The molecule has 0 aromatic heterocycles. The lowest BCUT2D eigenvalue weighted by Crippen LogP contribution is -2.51. The summed E-state index contributed by atoms with van der Waals surface area (Å²) in [6, 6.07) is 9.65. The van der Waals surface area contributed by atoms with E-state index in [1.54, 1.807) is 4.90 Å². The molecule has 27 heavy (non-hydrogen) atoms. The highest BCUT2D eigenvalue weighted by atomic mass is 16.6. The second-order valence-electron chi connectivity index (χ2n) is 7.52. The van der Waals surface area contributed by atoms with Crippen LogP contribution in [0.1, 0.15) is 32.8 Å². The summed E-state index contributed by atoms with van der Waals surface area (Å²) in [5.41, 5.74) is 2.41. The van der Waals surface area contributed by atoms with Crippen LogP contribution >= 0.6 is 0 Å². The number of nitrogens with zero attached hydrogens (tertiary/aromatic N) is 1. The lowest BCUT2D eigenvalue weighted by Gasteiger charge is -2.46. The minimum atomic E-state index is -0.309. The molecule has 0 saturated carbocycles. The third kappa shape index (κ3) is 4.24. The molecule has 0 bridgehead atoms. The van der Waals surface area contributed by atoms with Gasteiger partial charge in [0.15, 0.2) is 0 Å². The Balaban J connectivity index is 1.68. The summed E-state index contributed by atoms with van der Waals surface area (Å²) in [7, 11) is 0. The quantitative estimate of drug-likeness (QED) is 0.750. The fourth-order valence-corrected chi connectivity index (χ4v) is 4.16. The van der Waals surface area contributed by atoms with Crippen LogP contribution in [0.4, 0.5) is 4.79 Å². The van der Waals surface area contributed by atoms with E-state index in [9.17, 15) is 9.59 Å². The molecular weight excluding hydrogens is 342 g/mol. The molecule has 5 heteroatoms. The smallest absolute Gasteiger partial charge is 0.410 e. The number of amides is 1. The molecule has 1 saturated heterocycles. The van der Waals surface area contributed by atoms with E-state index in [-0.39, 0.29) is 30.0 Å². The van der Waals surface area contributed by atoms with E-state index >= 15 is 0 Å². The van der Waals surface area contributed by atoms with Gasteiger partial charge in [-0.25, -0.2) is 9.59 Å². The summed E-state index contributed by atoms with van der Waals surface area (Å²) in [6.07, 6.45) is 4.49. The number of fused-ring (bicyclic) bond motifs is 1. The van der Waals surface area contributed by atoms with Gasteiger partial charge in [-0.15, -0.1) is 0 Å². The van der Waals surface area contributed by atoms with Gasteiger partial charge >= 0.3 is 12.1 Å². The van der Waals surface area contributed by atoms with Crippen molar-refractivity contribution >= 4 is 12.1 Å². The van der Waals surface area contributed by atoms with Gasteiger partial charge in [-0.2, -0.15) is 0 Å². The average molecular weight is 369 g/mol. The Morgan fingerprint density at radius 1 is 1.22 bits per heavy atom. The molecule has 1 amide bonds. The number of rotatable bonds is 4. The van der Waals surface area contributed by atoms with Gasteiger partial charge in [0.25, 0.3) is 0 Å². The number of hydrogen-bond acceptors (Lipinski definition) is 4. The molecule has 5 nitrogen and oxygen atoms in total. The predicted molar refractivity (Wildman–Crippen MR) is 103 cm³/mol. The van der Waals surface area contributed by atoms with Gasteiger partial charge in [0, 0.05) is 30.0 Å².